The summed E-state index contributed by atoms with van der Waals surface area (Å²) in [7, 11) is 2.65. The molecule has 8 heteroatoms. The van der Waals surface area contributed by atoms with Crippen molar-refractivity contribution in [3.63, 3.8) is 0 Å². The van der Waals surface area contributed by atoms with Crippen molar-refractivity contribution in [3.8, 4) is 5.75 Å². The fourth-order valence-corrected chi connectivity index (χ4v) is 4.21. The maximum absolute atomic E-state index is 13.2. The quantitative estimate of drug-likeness (QED) is 0.464. The van der Waals surface area contributed by atoms with E-state index in [2.05, 4.69) is 0 Å². The Hall–Kier alpha value is -2.64. The highest BCUT2D eigenvalue weighted by atomic mass is 16.6. The van der Waals surface area contributed by atoms with E-state index in [1.165, 1.54) is 32.4 Å². The van der Waals surface area contributed by atoms with Gasteiger partial charge in [0.2, 0.25) is 0 Å². The first-order valence-electron chi connectivity index (χ1n) is 8.70. The average Bonchev–Trinajstić information content (AvgIpc) is 3.05. The molecule has 2 fully saturated rings. The van der Waals surface area contributed by atoms with Crippen LogP contribution in [-0.4, -0.2) is 48.0 Å². The SMILES string of the molecule is COC(=O)C1CC2CCCCC2N1C(=O)c1ccc(OC)c([N+](=O)[O-])c1. The Morgan fingerprint density at radius 1 is 1.23 bits per heavy atom. The fourth-order valence-electron chi connectivity index (χ4n) is 4.21. The first-order chi connectivity index (χ1) is 12.5. The Morgan fingerprint density at radius 3 is 2.62 bits per heavy atom. The summed E-state index contributed by atoms with van der Waals surface area (Å²) in [4.78, 5) is 37.6. The zero-order valence-corrected chi connectivity index (χ0v) is 14.8. The number of nitro benzene ring substituents is 1. The van der Waals surface area contributed by atoms with E-state index in [0.29, 0.717) is 6.42 Å². The van der Waals surface area contributed by atoms with Gasteiger partial charge in [-0.15, -0.1) is 0 Å². The standard InChI is InChI=1S/C18H22N2O6/c1-25-16-8-7-12(10-14(16)20(23)24)17(21)19-13-6-4-3-5-11(13)9-15(19)18(22)26-2/h7-8,10-11,13,15H,3-6,9H2,1-2H3. The van der Waals surface area contributed by atoms with Gasteiger partial charge in [-0.05, 0) is 37.3 Å². The molecule has 1 aliphatic heterocycles. The van der Waals surface area contributed by atoms with Gasteiger partial charge in [0.25, 0.3) is 5.91 Å². The summed E-state index contributed by atoms with van der Waals surface area (Å²) in [5, 5.41) is 11.3. The van der Waals surface area contributed by atoms with Crippen molar-refractivity contribution in [3.05, 3.63) is 33.9 Å². The van der Waals surface area contributed by atoms with Gasteiger partial charge in [-0.2, -0.15) is 0 Å². The summed E-state index contributed by atoms with van der Waals surface area (Å²) < 4.78 is 9.88. The number of ether oxygens (including phenoxy) is 2. The van der Waals surface area contributed by atoms with Gasteiger partial charge in [0.1, 0.15) is 6.04 Å². The van der Waals surface area contributed by atoms with E-state index in [-0.39, 0.29) is 34.9 Å². The molecule has 1 aromatic carbocycles. The number of fused-ring (bicyclic) bond motifs is 1. The number of rotatable bonds is 4. The van der Waals surface area contributed by atoms with Crippen LogP contribution in [0.3, 0.4) is 0 Å². The molecule has 26 heavy (non-hydrogen) atoms. The number of nitro groups is 1. The number of amides is 1. The van der Waals surface area contributed by atoms with Crippen LogP contribution in [0.5, 0.6) is 5.75 Å². The van der Waals surface area contributed by atoms with Crippen LogP contribution in [0.25, 0.3) is 0 Å². The number of benzene rings is 1. The van der Waals surface area contributed by atoms with Crippen molar-refractivity contribution in [2.75, 3.05) is 14.2 Å². The number of likely N-dealkylation sites (tertiary alicyclic amines) is 1. The average molecular weight is 362 g/mol. The lowest BCUT2D eigenvalue weighted by Crippen LogP contribution is -2.46. The van der Waals surface area contributed by atoms with E-state index in [9.17, 15) is 19.7 Å². The van der Waals surface area contributed by atoms with E-state index >= 15 is 0 Å². The fraction of sp³-hybridized carbons (Fsp3) is 0.556. The van der Waals surface area contributed by atoms with Crippen LogP contribution in [0.1, 0.15) is 42.5 Å². The Kier molecular flexibility index (Phi) is 5.11. The predicted octanol–water partition coefficient (Wildman–Crippen LogP) is 2.55. The number of hydrogen-bond donors (Lipinski definition) is 0. The molecule has 8 nitrogen and oxygen atoms in total. The number of carbonyl (C=O) groups is 2. The normalized spacial score (nSPS) is 24.7. The number of carbonyl (C=O) groups excluding carboxylic acids is 2. The molecular formula is C18H22N2O6. The predicted molar refractivity (Wildman–Crippen MR) is 92.0 cm³/mol. The van der Waals surface area contributed by atoms with Crippen LogP contribution in [0.15, 0.2) is 18.2 Å². The van der Waals surface area contributed by atoms with Gasteiger partial charge in [0.05, 0.1) is 19.1 Å². The summed E-state index contributed by atoms with van der Waals surface area (Å²) in [5.41, 5.74) is -0.0926. The maximum atomic E-state index is 13.2. The molecule has 3 rings (SSSR count). The van der Waals surface area contributed by atoms with Gasteiger partial charge in [0.15, 0.2) is 5.75 Å². The summed E-state index contributed by atoms with van der Waals surface area (Å²) in [5.74, 6) is -0.450. The number of hydrogen-bond acceptors (Lipinski definition) is 6. The molecule has 1 aromatic rings. The van der Waals surface area contributed by atoms with Gasteiger partial charge in [-0.1, -0.05) is 12.8 Å². The van der Waals surface area contributed by atoms with Crippen LogP contribution in [-0.2, 0) is 9.53 Å². The second-order valence-electron chi connectivity index (χ2n) is 6.74. The second kappa shape index (κ2) is 7.31. The van der Waals surface area contributed by atoms with Crippen molar-refractivity contribution in [2.45, 2.75) is 44.2 Å². The zero-order chi connectivity index (χ0) is 18.8. The van der Waals surface area contributed by atoms with Crippen molar-refractivity contribution >= 4 is 17.6 Å². The van der Waals surface area contributed by atoms with E-state index in [1.807, 2.05) is 0 Å². The summed E-state index contributed by atoms with van der Waals surface area (Å²) >= 11 is 0. The molecule has 0 spiro atoms. The molecule has 1 aliphatic carbocycles. The minimum absolute atomic E-state index is 0.0264. The number of methoxy groups -OCH3 is 2. The molecule has 0 N–H and O–H groups in total. The van der Waals surface area contributed by atoms with E-state index in [1.54, 1.807) is 4.90 Å². The van der Waals surface area contributed by atoms with Gasteiger partial charge in [-0.25, -0.2) is 4.79 Å². The van der Waals surface area contributed by atoms with Crippen LogP contribution in [0.4, 0.5) is 5.69 Å². The molecule has 0 radical (unpaired) electrons. The lowest BCUT2D eigenvalue weighted by atomic mass is 9.84. The molecule has 3 atom stereocenters. The van der Waals surface area contributed by atoms with E-state index in [4.69, 9.17) is 9.47 Å². The van der Waals surface area contributed by atoms with Crippen LogP contribution in [0.2, 0.25) is 0 Å². The van der Waals surface area contributed by atoms with Gasteiger partial charge >= 0.3 is 11.7 Å². The molecule has 3 unspecified atom stereocenters. The molecule has 2 aliphatic rings. The zero-order valence-electron chi connectivity index (χ0n) is 14.8. The summed E-state index contributed by atoms with van der Waals surface area (Å²) in [6, 6.07) is 3.46. The van der Waals surface area contributed by atoms with Crippen molar-refractivity contribution in [2.24, 2.45) is 5.92 Å². The van der Waals surface area contributed by atoms with Gasteiger partial charge < -0.3 is 14.4 Å². The van der Waals surface area contributed by atoms with Crippen LogP contribution < -0.4 is 4.74 Å². The largest absolute Gasteiger partial charge is 0.490 e. The van der Waals surface area contributed by atoms with Gasteiger partial charge in [-0.3, -0.25) is 14.9 Å². The molecule has 1 saturated carbocycles. The van der Waals surface area contributed by atoms with E-state index in [0.717, 1.165) is 25.7 Å². The lowest BCUT2D eigenvalue weighted by molar-refractivity contribution is -0.385. The lowest BCUT2D eigenvalue weighted by Gasteiger charge is -2.33. The Morgan fingerprint density at radius 2 is 1.96 bits per heavy atom. The highest BCUT2D eigenvalue weighted by Gasteiger charge is 2.48. The maximum Gasteiger partial charge on any atom is 0.328 e. The topological polar surface area (TPSA) is 99.0 Å². The first-order valence-corrected chi connectivity index (χ1v) is 8.70. The monoisotopic (exact) mass is 362 g/mol. The molecule has 140 valence electrons. The number of nitrogens with zero attached hydrogens (tertiary/aromatic N) is 2. The van der Waals surface area contributed by atoms with Crippen LogP contribution >= 0.6 is 0 Å². The minimum atomic E-state index is -0.637. The number of esters is 1. The van der Waals surface area contributed by atoms with Crippen molar-refractivity contribution in [1.29, 1.82) is 0 Å². The Bertz CT molecular complexity index is 734. The molecule has 1 heterocycles. The van der Waals surface area contributed by atoms with Crippen LogP contribution in [0, 0.1) is 16.0 Å². The Labute approximate surface area is 151 Å². The third kappa shape index (κ3) is 3.11. The molecular weight excluding hydrogens is 340 g/mol. The molecule has 0 bridgehead atoms. The van der Waals surface area contributed by atoms with Crippen molar-refractivity contribution in [1.82, 2.24) is 4.90 Å². The minimum Gasteiger partial charge on any atom is -0.490 e. The van der Waals surface area contributed by atoms with Crippen molar-refractivity contribution < 1.29 is 24.0 Å². The highest BCUT2D eigenvalue weighted by Crippen LogP contribution is 2.41. The highest BCUT2D eigenvalue weighted by molar-refractivity contribution is 5.98. The first kappa shape index (κ1) is 18.2. The van der Waals surface area contributed by atoms with E-state index < -0.39 is 16.9 Å². The third-order valence-corrected chi connectivity index (χ3v) is 5.42. The second-order valence-corrected chi connectivity index (χ2v) is 6.74. The Balaban J connectivity index is 1.96. The molecule has 0 aromatic heterocycles. The smallest absolute Gasteiger partial charge is 0.328 e. The molecule has 1 amide bonds. The summed E-state index contributed by atoms with van der Waals surface area (Å²) in [6.07, 6.45) is 4.49. The van der Waals surface area contributed by atoms with Gasteiger partial charge in [0, 0.05) is 17.7 Å². The third-order valence-electron chi connectivity index (χ3n) is 5.42. The molecule has 1 saturated heterocycles. The summed E-state index contributed by atoms with van der Waals surface area (Å²) in [6.45, 7) is 0.